The Morgan fingerprint density at radius 2 is 1.89 bits per heavy atom. The van der Waals surface area contributed by atoms with Crippen molar-refractivity contribution in [1.82, 2.24) is 14.9 Å². The first-order chi connectivity index (χ1) is 13.1. The number of imidazole rings is 1. The van der Waals surface area contributed by atoms with Gasteiger partial charge < -0.3 is 19.4 Å². The van der Waals surface area contributed by atoms with Crippen LogP contribution in [0.15, 0.2) is 48.8 Å². The van der Waals surface area contributed by atoms with Crippen LogP contribution >= 0.6 is 0 Å². The summed E-state index contributed by atoms with van der Waals surface area (Å²) in [5.41, 5.74) is 2.81. The molecule has 0 saturated carbocycles. The van der Waals surface area contributed by atoms with Crippen molar-refractivity contribution in [2.24, 2.45) is 0 Å². The van der Waals surface area contributed by atoms with Crippen molar-refractivity contribution in [1.29, 1.82) is 0 Å². The molecule has 1 aromatic heterocycles. The molecule has 27 heavy (non-hydrogen) atoms. The molecule has 1 amide bonds. The zero-order valence-electron chi connectivity index (χ0n) is 15.5. The second kappa shape index (κ2) is 7.31. The fourth-order valence-corrected chi connectivity index (χ4v) is 3.28. The molecule has 2 aromatic carbocycles. The predicted molar refractivity (Wildman–Crippen MR) is 103 cm³/mol. The van der Waals surface area contributed by atoms with E-state index in [0.29, 0.717) is 13.2 Å². The Labute approximate surface area is 158 Å². The molecule has 3 aromatic rings. The van der Waals surface area contributed by atoms with Gasteiger partial charge in [-0.25, -0.2) is 4.98 Å². The van der Waals surface area contributed by atoms with E-state index < -0.39 is 0 Å². The Hall–Kier alpha value is -3.02. The molecule has 0 radical (unpaired) electrons. The number of para-hydroxylation sites is 2. The van der Waals surface area contributed by atoms with Crippen LogP contribution in [0.3, 0.4) is 0 Å². The number of hydrogen-bond donors (Lipinski definition) is 1. The molecule has 2 atom stereocenters. The second-order valence-corrected chi connectivity index (χ2v) is 6.80. The van der Waals surface area contributed by atoms with Crippen molar-refractivity contribution in [3.8, 4) is 11.5 Å². The van der Waals surface area contributed by atoms with Crippen molar-refractivity contribution >= 4 is 16.9 Å². The minimum Gasteiger partial charge on any atom is -0.490 e. The SMILES string of the molecule is C[C@H](NC(=O)[C@@H](C)n1cnc2ccccc21)c1ccc2c(c1)OCCCO2. The Balaban J connectivity index is 1.50. The maximum Gasteiger partial charge on any atom is 0.243 e. The van der Waals surface area contributed by atoms with E-state index in [1.807, 2.05) is 60.9 Å². The fourth-order valence-electron chi connectivity index (χ4n) is 3.28. The van der Waals surface area contributed by atoms with Crippen molar-refractivity contribution in [2.45, 2.75) is 32.4 Å². The standard InChI is InChI=1S/C21H23N3O3/c1-14(16-8-9-19-20(12-16)27-11-5-10-26-19)23-21(25)15(2)24-13-22-17-6-3-4-7-18(17)24/h3-4,6-9,12-15H,5,10-11H2,1-2H3,(H,23,25)/t14-,15+/m0/s1. The Morgan fingerprint density at radius 3 is 2.74 bits per heavy atom. The highest BCUT2D eigenvalue weighted by molar-refractivity contribution is 5.83. The summed E-state index contributed by atoms with van der Waals surface area (Å²) in [6.45, 7) is 5.15. The van der Waals surface area contributed by atoms with Crippen molar-refractivity contribution in [3.63, 3.8) is 0 Å². The first-order valence-electron chi connectivity index (χ1n) is 9.25. The van der Waals surface area contributed by atoms with E-state index in [1.54, 1.807) is 6.33 Å². The second-order valence-electron chi connectivity index (χ2n) is 6.80. The minimum atomic E-state index is -0.361. The van der Waals surface area contributed by atoms with E-state index in [9.17, 15) is 4.79 Å². The molecule has 4 rings (SSSR count). The van der Waals surface area contributed by atoms with Gasteiger partial charge in [-0.3, -0.25) is 4.79 Å². The lowest BCUT2D eigenvalue weighted by atomic mass is 10.1. The van der Waals surface area contributed by atoms with Crippen LogP contribution in [0.25, 0.3) is 11.0 Å². The van der Waals surface area contributed by atoms with Gasteiger partial charge in [0.2, 0.25) is 5.91 Å². The number of fused-ring (bicyclic) bond motifs is 2. The van der Waals surface area contributed by atoms with Crippen LogP contribution in [-0.4, -0.2) is 28.7 Å². The fraction of sp³-hybridized carbons (Fsp3) is 0.333. The van der Waals surface area contributed by atoms with E-state index in [1.165, 1.54) is 0 Å². The first-order valence-corrected chi connectivity index (χ1v) is 9.25. The zero-order valence-corrected chi connectivity index (χ0v) is 15.5. The molecule has 0 fully saturated rings. The Kier molecular flexibility index (Phi) is 4.71. The van der Waals surface area contributed by atoms with Gasteiger partial charge in [0.15, 0.2) is 11.5 Å². The highest BCUT2D eigenvalue weighted by Crippen LogP contribution is 2.32. The van der Waals surface area contributed by atoms with Gasteiger partial charge in [-0.05, 0) is 43.7 Å². The number of carbonyl (C=O) groups excluding carboxylic acids is 1. The zero-order chi connectivity index (χ0) is 18.8. The molecule has 1 N–H and O–H groups in total. The number of nitrogens with zero attached hydrogens (tertiary/aromatic N) is 2. The molecular weight excluding hydrogens is 342 g/mol. The lowest BCUT2D eigenvalue weighted by Crippen LogP contribution is -2.32. The summed E-state index contributed by atoms with van der Waals surface area (Å²) >= 11 is 0. The van der Waals surface area contributed by atoms with E-state index in [0.717, 1.165) is 34.5 Å². The van der Waals surface area contributed by atoms with Crippen LogP contribution in [0.1, 0.15) is 37.9 Å². The number of benzene rings is 2. The maximum absolute atomic E-state index is 12.8. The lowest BCUT2D eigenvalue weighted by Gasteiger charge is -2.20. The van der Waals surface area contributed by atoms with Gasteiger partial charge in [0.25, 0.3) is 0 Å². The van der Waals surface area contributed by atoms with Crippen LogP contribution in [0.5, 0.6) is 11.5 Å². The summed E-state index contributed by atoms with van der Waals surface area (Å²) in [6.07, 6.45) is 2.58. The quantitative estimate of drug-likeness (QED) is 0.767. The molecule has 0 spiro atoms. The third-order valence-electron chi connectivity index (χ3n) is 4.91. The molecule has 0 saturated heterocycles. The first kappa shape index (κ1) is 17.4. The van der Waals surface area contributed by atoms with E-state index in [2.05, 4.69) is 10.3 Å². The third kappa shape index (κ3) is 3.47. The van der Waals surface area contributed by atoms with Gasteiger partial charge in [0.1, 0.15) is 6.04 Å². The summed E-state index contributed by atoms with van der Waals surface area (Å²) in [5, 5.41) is 3.09. The third-order valence-corrected chi connectivity index (χ3v) is 4.91. The molecular formula is C21H23N3O3. The predicted octanol–water partition coefficient (Wildman–Crippen LogP) is 3.64. The number of amides is 1. The van der Waals surface area contributed by atoms with Crippen LogP contribution < -0.4 is 14.8 Å². The van der Waals surface area contributed by atoms with Crippen molar-refractivity contribution in [3.05, 3.63) is 54.4 Å². The van der Waals surface area contributed by atoms with Gasteiger partial charge in [0, 0.05) is 6.42 Å². The van der Waals surface area contributed by atoms with Crippen LogP contribution in [0.4, 0.5) is 0 Å². The molecule has 0 bridgehead atoms. The number of hydrogen-bond acceptors (Lipinski definition) is 4. The Morgan fingerprint density at radius 1 is 1.11 bits per heavy atom. The van der Waals surface area contributed by atoms with Gasteiger partial charge in [-0.2, -0.15) is 0 Å². The lowest BCUT2D eigenvalue weighted by molar-refractivity contribution is -0.124. The van der Waals surface area contributed by atoms with E-state index >= 15 is 0 Å². The minimum absolute atomic E-state index is 0.0576. The van der Waals surface area contributed by atoms with Crippen molar-refractivity contribution in [2.75, 3.05) is 13.2 Å². The van der Waals surface area contributed by atoms with Crippen LogP contribution in [-0.2, 0) is 4.79 Å². The van der Waals surface area contributed by atoms with Gasteiger partial charge >= 0.3 is 0 Å². The normalized spacial score (nSPS) is 15.8. The molecule has 0 unspecified atom stereocenters. The average Bonchev–Trinajstić information content (AvgIpc) is 2.97. The number of ether oxygens (including phenoxy) is 2. The molecule has 140 valence electrons. The average molecular weight is 365 g/mol. The van der Waals surface area contributed by atoms with E-state index in [4.69, 9.17) is 9.47 Å². The van der Waals surface area contributed by atoms with Crippen LogP contribution in [0.2, 0.25) is 0 Å². The highest BCUT2D eigenvalue weighted by atomic mass is 16.5. The summed E-state index contributed by atoms with van der Waals surface area (Å²) in [4.78, 5) is 17.2. The van der Waals surface area contributed by atoms with Crippen molar-refractivity contribution < 1.29 is 14.3 Å². The molecule has 6 heteroatoms. The van der Waals surface area contributed by atoms with Gasteiger partial charge in [-0.15, -0.1) is 0 Å². The van der Waals surface area contributed by atoms with Gasteiger partial charge in [-0.1, -0.05) is 18.2 Å². The summed E-state index contributed by atoms with van der Waals surface area (Å²) in [6, 6.07) is 13.1. The number of nitrogens with one attached hydrogen (secondary N) is 1. The summed E-state index contributed by atoms with van der Waals surface area (Å²) in [7, 11) is 0. The molecule has 2 heterocycles. The summed E-state index contributed by atoms with van der Waals surface area (Å²) in [5.74, 6) is 1.44. The molecule has 1 aliphatic heterocycles. The summed E-state index contributed by atoms with van der Waals surface area (Å²) < 4.78 is 13.3. The topological polar surface area (TPSA) is 65.4 Å². The highest BCUT2D eigenvalue weighted by Gasteiger charge is 2.20. The molecule has 0 aliphatic carbocycles. The van der Waals surface area contributed by atoms with E-state index in [-0.39, 0.29) is 18.0 Å². The number of aromatic nitrogens is 2. The van der Waals surface area contributed by atoms with Gasteiger partial charge in [0.05, 0.1) is 36.6 Å². The number of rotatable bonds is 4. The largest absolute Gasteiger partial charge is 0.490 e. The monoisotopic (exact) mass is 365 g/mol. The van der Waals surface area contributed by atoms with Crippen LogP contribution in [0, 0.1) is 0 Å². The Bertz CT molecular complexity index is 966. The maximum atomic E-state index is 12.8. The molecule has 6 nitrogen and oxygen atoms in total. The smallest absolute Gasteiger partial charge is 0.243 e. The molecule has 1 aliphatic rings. The number of carbonyl (C=O) groups is 1.